The molecule has 6 heteroatoms. The summed E-state index contributed by atoms with van der Waals surface area (Å²) in [5.74, 6) is -1.26. The summed E-state index contributed by atoms with van der Waals surface area (Å²) in [6.45, 7) is 5.77. The first-order valence-electron chi connectivity index (χ1n) is 6.40. The fourth-order valence-electron chi connectivity index (χ4n) is 2.00. The third-order valence-electron chi connectivity index (χ3n) is 3.00. The van der Waals surface area contributed by atoms with Crippen LogP contribution in [0.4, 0.5) is 4.79 Å². The van der Waals surface area contributed by atoms with E-state index in [9.17, 15) is 9.59 Å². The van der Waals surface area contributed by atoms with E-state index in [2.05, 4.69) is 5.32 Å². The highest BCUT2D eigenvalue weighted by atomic mass is 16.5. The van der Waals surface area contributed by atoms with E-state index in [0.717, 1.165) is 6.42 Å². The average Bonchev–Trinajstić information content (AvgIpc) is 2.36. The van der Waals surface area contributed by atoms with Gasteiger partial charge in [0.1, 0.15) is 0 Å². The molecule has 1 aliphatic heterocycles. The number of amides is 2. The molecule has 104 valence electrons. The van der Waals surface area contributed by atoms with Crippen LogP contribution in [-0.4, -0.2) is 54.4 Å². The molecular weight excluding hydrogens is 236 g/mol. The van der Waals surface area contributed by atoms with Crippen LogP contribution in [0.2, 0.25) is 0 Å². The van der Waals surface area contributed by atoms with Crippen molar-refractivity contribution < 1.29 is 19.4 Å². The molecule has 2 N–H and O–H groups in total. The molecule has 0 spiro atoms. The van der Waals surface area contributed by atoms with Crippen molar-refractivity contribution in [3.8, 4) is 0 Å². The molecule has 1 unspecified atom stereocenters. The standard InChI is InChI=1S/C12H22N2O4/c1-3-18-8-9(2)13-12(17)14-6-4-5-10(7-14)11(15)16/h9-10H,3-8H2,1-2H3,(H,13,17)(H,15,16)/t9?,10-/m1/s1. The highest BCUT2D eigenvalue weighted by Gasteiger charge is 2.28. The van der Waals surface area contributed by atoms with Crippen molar-refractivity contribution in [1.82, 2.24) is 10.2 Å². The van der Waals surface area contributed by atoms with Gasteiger partial charge in [0.2, 0.25) is 0 Å². The SMILES string of the molecule is CCOCC(C)NC(=O)N1CCC[C@@H](C(=O)O)C1. The highest BCUT2D eigenvalue weighted by molar-refractivity contribution is 5.76. The number of carbonyl (C=O) groups excluding carboxylic acids is 1. The van der Waals surface area contributed by atoms with E-state index in [1.165, 1.54) is 0 Å². The minimum Gasteiger partial charge on any atom is -0.481 e. The van der Waals surface area contributed by atoms with Gasteiger partial charge in [-0.15, -0.1) is 0 Å². The molecule has 0 saturated carbocycles. The molecule has 6 nitrogen and oxygen atoms in total. The van der Waals surface area contributed by atoms with E-state index >= 15 is 0 Å². The molecule has 0 aliphatic carbocycles. The summed E-state index contributed by atoms with van der Waals surface area (Å²) in [6, 6.07) is -0.268. The Bertz CT molecular complexity index is 296. The molecule has 0 radical (unpaired) electrons. The Kier molecular flexibility index (Phi) is 5.91. The summed E-state index contributed by atoms with van der Waals surface area (Å²) in [6.07, 6.45) is 1.39. The van der Waals surface area contributed by atoms with Crippen LogP contribution >= 0.6 is 0 Å². The molecule has 0 aromatic heterocycles. The molecule has 2 amide bonds. The predicted octanol–water partition coefficient (Wildman–Crippen LogP) is 0.918. The smallest absolute Gasteiger partial charge is 0.317 e. The number of hydrogen-bond acceptors (Lipinski definition) is 3. The Morgan fingerprint density at radius 1 is 1.56 bits per heavy atom. The number of carboxylic acid groups (broad SMARTS) is 1. The first-order valence-corrected chi connectivity index (χ1v) is 6.40. The quantitative estimate of drug-likeness (QED) is 0.768. The maximum Gasteiger partial charge on any atom is 0.317 e. The van der Waals surface area contributed by atoms with Gasteiger partial charge in [0.05, 0.1) is 18.6 Å². The van der Waals surface area contributed by atoms with E-state index in [4.69, 9.17) is 9.84 Å². The second-order valence-corrected chi connectivity index (χ2v) is 4.63. The van der Waals surface area contributed by atoms with Gasteiger partial charge in [0.15, 0.2) is 0 Å². The number of rotatable bonds is 5. The van der Waals surface area contributed by atoms with Crippen LogP contribution in [0.15, 0.2) is 0 Å². The zero-order valence-electron chi connectivity index (χ0n) is 11.0. The number of likely N-dealkylation sites (tertiary alicyclic amines) is 1. The zero-order valence-corrected chi connectivity index (χ0v) is 11.0. The Labute approximate surface area is 107 Å². The molecule has 1 rings (SSSR count). The molecule has 0 aromatic carbocycles. The van der Waals surface area contributed by atoms with Crippen molar-refractivity contribution in [3.63, 3.8) is 0 Å². The van der Waals surface area contributed by atoms with Crippen LogP contribution in [0.1, 0.15) is 26.7 Å². The van der Waals surface area contributed by atoms with Crippen LogP contribution < -0.4 is 5.32 Å². The molecular formula is C12H22N2O4. The van der Waals surface area contributed by atoms with Crippen molar-refractivity contribution >= 4 is 12.0 Å². The van der Waals surface area contributed by atoms with Crippen LogP contribution in [0.5, 0.6) is 0 Å². The van der Waals surface area contributed by atoms with Gasteiger partial charge in [-0.3, -0.25) is 4.79 Å². The van der Waals surface area contributed by atoms with Crippen molar-refractivity contribution in [3.05, 3.63) is 0 Å². The van der Waals surface area contributed by atoms with Gasteiger partial charge in [0.25, 0.3) is 0 Å². The summed E-state index contributed by atoms with van der Waals surface area (Å²) in [5, 5.41) is 11.8. The molecule has 2 atom stereocenters. The number of carbonyl (C=O) groups is 2. The average molecular weight is 258 g/mol. The van der Waals surface area contributed by atoms with Gasteiger partial charge in [-0.25, -0.2) is 4.79 Å². The van der Waals surface area contributed by atoms with Crippen molar-refractivity contribution in [2.75, 3.05) is 26.3 Å². The van der Waals surface area contributed by atoms with Gasteiger partial charge in [-0.2, -0.15) is 0 Å². The number of carboxylic acids is 1. The summed E-state index contributed by atoms with van der Waals surface area (Å²) >= 11 is 0. The van der Waals surface area contributed by atoms with E-state index in [-0.39, 0.29) is 12.1 Å². The number of nitrogens with zero attached hydrogens (tertiary/aromatic N) is 1. The number of hydrogen-bond donors (Lipinski definition) is 2. The van der Waals surface area contributed by atoms with Crippen LogP contribution in [0, 0.1) is 5.92 Å². The summed E-state index contributed by atoms with van der Waals surface area (Å²) in [7, 11) is 0. The highest BCUT2D eigenvalue weighted by Crippen LogP contribution is 2.16. The predicted molar refractivity (Wildman–Crippen MR) is 66.4 cm³/mol. The van der Waals surface area contributed by atoms with E-state index in [0.29, 0.717) is 32.7 Å². The van der Waals surface area contributed by atoms with Crippen molar-refractivity contribution in [1.29, 1.82) is 0 Å². The molecule has 1 fully saturated rings. The van der Waals surface area contributed by atoms with E-state index in [1.54, 1.807) is 4.90 Å². The lowest BCUT2D eigenvalue weighted by molar-refractivity contribution is -0.143. The first kappa shape index (κ1) is 14.8. The Hall–Kier alpha value is -1.30. The maximum atomic E-state index is 11.9. The number of urea groups is 1. The normalized spacial score (nSPS) is 21.4. The molecule has 0 bridgehead atoms. The van der Waals surface area contributed by atoms with Crippen molar-refractivity contribution in [2.45, 2.75) is 32.7 Å². The molecule has 1 aliphatic rings. The summed E-state index contributed by atoms with van der Waals surface area (Å²) < 4.78 is 5.22. The van der Waals surface area contributed by atoms with Gasteiger partial charge in [-0.05, 0) is 26.7 Å². The van der Waals surface area contributed by atoms with Gasteiger partial charge in [-0.1, -0.05) is 0 Å². The van der Waals surface area contributed by atoms with Gasteiger partial charge < -0.3 is 20.1 Å². The van der Waals surface area contributed by atoms with Crippen LogP contribution in [-0.2, 0) is 9.53 Å². The second-order valence-electron chi connectivity index (χ2n) is 4.63. The zero-order chi connectivity index (χ0) is 13.5. The molecule has 1 heterocycles. The minimum absolute atomic E-state index is 0.0670. The Morgan fingerprint density at radius 2 is 2.28 bits per heavy atom. The fourth-order valence-corrected chi connectivity index (χ4v) is 2.00. The summed E-state index contributed by atoms with van der Waals surface area (Å²) in [5.41, 5.74) is 0. The second kappa shape index (κ2) is 7.20. The summed E-state index contributed by atoms with van der Waals surface area (Å²) in [4.78, 5) is 24.4. The van der Waals surface area contributed by atoms with Crippen LogP contribution in [0.3, 0.4) is 0 Å². The van der Waals surface area contributed by atoms with E-state index < -0.39 is 11.9 Å². The maximum absolute atomic E-state index is 11.9. The first-order chi connectivity index (χ1) is 8.54. The lowest BCUT2D eigenvalue weighted by Gasteiger charge is -2.31. The fraction of sp³-hybridized carbons (Fsp3) is 0.833. The molecule has 18 heavy (non-hydrogen) atoms. The number of piperidine rings is 1. The third-order valence-corrected chi connectivity index (χ3v) is 3.00. The largest absolute Gasteiger partial charge is 0.481 e. The van der Waals surface area contributed by atoms with Gasteiger partial charge >= 0.3 is 12.0 Å². The number of ether oxygens (including phenoxy) is 1. The lowest BCUT2D eigenvalue weighted by Crippen LogP contribution is -2.50. The Balaban J connectivity index is 2.38. The van der Waals surface area contributed by atoms with Gasteiger partial charge in [0, 0.05) is 19.7 Å². The van der Waals surface area contributed by atoms with Crippen molar-refractivity contribution in [2.24, 2.45) is 5.92 Å². The van der Waals surface area contributed by atoms with E-state index in [1.807, 2.05) is 13.8 Å². The Morgan fingerprint density at radius 3 is 2.89 bits per heavy atom. The molecule has 0 aromatic rings. The van der Waals surface area contributed by atoms with Crippen LogP contribution in [0.25, 0.3) is 0 Å². The number of aliphatic carboxylic acids is 1. The third kappa shape index (κ3) is 4.52. The topological polar surface area (TPSA) is 78.9 Å². The monoisotopic (exact) mass is 258 g/mol. The lowest BCUT2D eigenvalue weighted by atomic mass is 9.99. The minimum atomic E-state index is -0.824. The number of nitrogens with one attached hydrogen (secondary N) is 1. The molecule has 1 saturated heterocycles.